The first-order valence-corrected chi connectivity index (χ1v) is 17.0. The molecule has 11 heteroatoms. The summed E-state index contributed by atoms with van der Waals surface area (Å²) in [6.07, 6.45) is 1.16. The summed E-state index contributed by atoms with van der Waals surface area (Å²) in [7, 11) is -12.9. The number of nitrogens with zero attached hydrogens (tertiary/aromatic N) is 1. The van der Waals surface area contributed by atoms with E-state index in [1.165, 1.54) is 55.5 Å². The second-order valence-electron chi connectivity index (χ2n) is 9.83. The van der Waals surface area contributed by atoms with Crippen molar-refractivity contribution in [1.29, 1.82) is 0 Å². The first-order valence-electron chi connectivity index (χ1n) is 12.5. The van der Waals surface area contributed by atoms with Crippen molar-refractivity contribution in [2.45, 2.75) is 33.8 Å². The van der Waals surface area contributed by atoms with E-state index in [9.17, 15) is 30.0 Å². The molecule has 0 aromatic heterocycles. The molecule has 2 atom stereocenters. The van der Waals surface area contributed by atoms with Gasteiger partial charge in [0.25, 0.3) is 0 Å². The molecule has 1 aliphatic heterocycles. The van der Waals surface area contributed by atoms with Crippen molar-refractivity contribution in [3.05, 3.63) is 113 Å². The van der Waals surface area contributed by atoms with Crippen LogP contribution in [0.5, 0.6) is 0 Å². The number of allylic oxidation sites excluding steroid dienone is 2. The number of rotatable bonds is 6. The lowest BCUT2D eigenvalue weighted by atomic mass is 9.98. The molecule has 8 nitrogen and oxygen atoms in total. The summed E-state index contributed by atoms with van der Waals surface area (Å²) in [5.74, 6) is -1.41. The largest absolute Gasteiger partial charge is 0.294 e. The molecule has 1 aliphatic carbocycles. The van der Waals surface area contributed by atoms with E-state index in [2.05, 4.69) is 0 Å². The Kier molecular flexibility index (Phi) is 7.20. The van der Waals surface area contributed by atoms with Crippen LogP contribution in [0.15, 0.2) is 122 Å². The second kappa shape index (κ2) is 10.2. The number of benzene rings is 3. The number of hydrogen-bond acceptors (Lipinski definition) is 7. The second-order valence-corrected chi connectivity index (χ2v) is 15.9. The van der Waals surface area contributed by atoms with Crippen molar-refractivity contribution >= 4 is 35.5 Å². The van der Waals surface area contributed by atoms with Crippen molar-refractivity contribution in [3.8, 4) is 0 Å². The van der Waals surface area contributed by atoms with Gasteiger partial charge in [0.15, 0.2) is 15.6 Å². The minimum atomic E-state index is -4.36. The smallest absolute Gasteiger partial charge is 0.243 e. The average molecular weight is 598 g/mol. The van der Waals surface area contributed by atoms with Gasteiger partial charge in [-0.2, -0.15) is 4.31 Å². The van der Waals surface area contributed by atoms with Crippen LogP contribution in [0.25, 0.3) is 0 Å². The van der Waals surface area contributed by atoms with Crippen LogP contribution in [0.2, 0.25) is 0 Å². The highest BCUT2D eigenvalue weighted by Crippen LogP contribution is 2.43. The lowest BCUT2D eigenvalue weighted by Gasteiger charge is -2.25. The zero-order valence-electron chi connectivity index (χ0n) is 21.8. The Balaban J connectivity index is 1.79. The van der Waals surface area contributed by atoms with Crippen molar-refractivity contribution in [1.82, 2.24) is 4.31 Å². The molecule has 1 heterocycles. The number of aryl methyl sites for hydroxylation is 1. The van der Waals surface area contributed by atoms with Gasteiger partial charge in [0, 0.05) is 12.5 Å². The van der Waals surface area contributed by atoms with Gasteiger partial charge >= 0.3 is 0 Å². The highest BCUT2D eigenvalue weighted by molar-refractivity contribution is 7.95. The summed E-state index contributed by atoms with van der Waals surface area (Å²) in [6, 6.07) is 21.1. The summed E-state index contributed by atoms with van der Waals surface area (Å²) >= 11 is 0. The number of ketones is 1. The zero-order chi connectivity index (χ0) is 28.9. The molecule has 3 aromatic carbocycles. The predicted octanol–water partition coefficient (Wildman–Crippen LogP) is 3.72. The number of sulfonamides is 1. The van der Waals surface area contributed by atoms with Gasteiger partial charge in [-0.05, 0) is 60.5 Å². The van der Waals surface area contributed by atoms with Gasteiger partial charge in [-0.25, -0.2) is 25.3 Å². The monoisotopic (exact) mass is 597 g/mol. The summed E-state index contributed by atoms with van der Waals surface area (Å²) < 4.78 is 85.0. The van der Waals surface area contributed by atoms with Gasteiger partial charge < -0.3 is 0 Å². The van der Waals surface area contributed by atoms with E-state index >= 15 is 0 Å². The maximum atomic E-state index is 14.0. The molecule has 0 saturated carbocycles. The maximum absolute atomic E-state index is 14.0. The molecule has 0 amide bonds. The molecule has 0 spiro atoms. The fourth-order valence-corrected chi connectivity index (χ4v) is 10.1. The molecule has 0 saturated heterocycles. The number of sulfone groups is 2. The molecule has 0 N–H and O–H groups in total. The summed E-state index contributed by atoms with van der Waals surface area (Å²) in [5.41, 5.74) is 0.873. The standard InChI is InChI=1S/C29H27NO7S3/c1-20-13-15-24(16-14-20)40(36,37)30-18-27(38(32,33)22-9-5-3-6-10-22)25-17-26(31)21(2)29(25)28(19-30)39(34,35)23-11-7-4-8-12-23/h3-17,21,27H,18-19H2,1-2H3. The van der Waals surface area contributed by atoms with Gasteiger partial charge in [0.1, 0.15) is 5.25 Å². The normalized spacial score (nSPS) is 20.6. The van der Waals surface area contributed by atoms with Crippen LogP contribution in [0.3, 0.4) is 0 Å². The van der Waals surface area contributed by atoms with E-state index in [4.69, 9.17) is 0 Å². The zero-order valence-corrected chi connectivity index (χ0v) is 24.2. The first kappa shape index (κ1) is 28.2. The van der Waals surface area contributed by atoms with Crippen LogP contribution in [0.1, 0.15) is 12.5 Å². The summed E-state index contributed by atoms with van der Waals surface area (Å²) in [5, 5.41) is -1.51. The fourth-order valence-electron chi connectivity index (χ4n) is 5.06. The van der Waals surface area contributed by atoms with E-state index in [0.717, 1.165) is 15.9 Å². The van der Waals surface area contributed by atoms with Crippen LogP contribution in [0, 0.1) is 12.8 Å². The van der Waals surface area contributed by atoms with E-state index < -0.39 is 59.7 Å². The molecular formula is C29H27NO7S3. The molecule has 40 heavy (non-hydrogen) atoms. The molecule has 5 rings (SSSR count). The third-order valence-electron chi connectivity index (χ3n) is 7.29. The Morgan fingerprint density at radius 2 is 1.27 bits per heavy atom. The Morgan fingerprint density at radius 1 is 0.725 bits per heavy atom. The predicted molar refractivity (Wildman–Crippen MR) is 150 cm³/mol. The topological polar surface area (TPSA) is 123 Å². The van der Waals surface area contributed by atoms with E-state index in [1.54, 1.807) is 43.3 Å². The first-order chi connectivity index (χ1) is 18.8. The van der Waals surface area contributed by atoms with Gasteiger partial charge in [-0.1, -0.05) is 61.0 Å². The number of fused-ring (bicyclic) bond motifs is 1. The summed E-state index contributed by atoms with van der Waals surface area (Å²) in [4.78, 5) is 12.4. The highest BCUT2D eigenvalue weighted by atomic mass is 32.2. The van der Waals surface area contributed by atoms with Crippen molar-refractivity contribution in [2.24, 2.45) is 5.92 Å². The maximum Gasteiger partial charge on any atom is 0.243 e. The van der Waals surface area contributed by atoms with Gasteiger partial charge in [-0.3, -0.25) is 4.79 Å². The molecule has 0 fully saturated rings. The SMILES string of the molecule is Cc1ccc(S(=O)(=O)N2CC(S(=O)(=O)c3ccccc3)=C3C(=CC(=O)C3C)C(S(=O)(=O)c3ccccc3)C2)cc1. The van der Waals surface area contributed by atoms with Crippen LogP contribution >= 0.6 is 0 Å². The molecular weight excluding hydrogens is 571 g/mol. The van der Waals surface area contributed by atoms with Crippen LogP contribution in [-0.4, -0.2) is 53.7 Å². The lowest BCUT2D eigenvalue weighted by Crippen LogP contribution is -2.41. The van der Waals surface area contributed by atoms with Gasteiger partial charge in [0.2, 0.25) is 19.9 Å². The molecule has 208 valence electrons. The Labute approximate surface area is 234 Å². The van der Waals surface area contributed by atoms with Crippen molar-refractivity contribution < 1.29 is 30.0 Å². The number of hydrogen-bond donors (Lipinski definition) is 0. The van der Waals surface area contributed by atoms with Crippen LogP contribution in [-0.2, 0) is 34.5 Å². The van der Waals surface area contributed by atoms with Crippen LogP contribution in [0.4, 0.5) is 0 Å². The summed E-state index contributed by atoms with van der Waals surface area (Å²) in [6.45, 7) is 2.11. The Hall–Kier alpha value is -3.38. The van der Waals surface area contributed by atoms with Gasteiger partial charge in [-0.15, -0.1) is 0 Å². The molecule has 0 radical (unpaired) electrons. The number of carbonyl (C=O) groups excluding carboxylic acids is 1. The third-order valence-corrected chi connectivity index (χ3v) is 13.1. The molecule has 3 aromatic rings. The fraction of sp³-hybridized carbons (Fsp3) is 0.207. The minimum absolute atomic E-state index is 0.0115. The third kappa shape index (κ3) is 4.77. The van der Waals surface area contributed by atoms with Crippen molar-refractivity contribution in [2.75, 3.05) is 13.1 Å². The van der Waals surface area contributed by atoms with E-state index in [0.29, 0.717) is 0 Å². The highest BCUT2D eigenvalue weighted by Gasteiger charge is 2.47. The van der Waals surface area contributed by atoms with Crippen molar-refractivity contribution in [3.63, 3.8) is 0 Å². The van der Waals surface area contributed by atoms with E-state index in [-0.39, 0.29) is 30.7 Å². The Bertz CT molecular complexity index is 1860. The molecule has 2 unspecified atom stereocenters. The quantitative estimate of drug-likeness (QED) is 0.425. The van der Waals surface area contributed by atoms with E-state index in [1.807, 2.05) is 0 Å². The number of carbonyl (C=O) groups is 1. The molecule has 0 bridgehead atoms. The van der Waals surface area contributed by atoms with Crippen LogP contribution < -0.4 is 0 Å². The lowest BCUT2D eigenvalue weighted by molar-refractivity contribution is -0.116. The Morgan fingerprint density at radius 3 is 1.85 bits per heavy atom. The van der Waals surface area contributed by atoms with Gasteiger partial charge in [0.05, 0.1) is 26.1 Å². The average Bonchev–Trinajstić information content (AvgIpc) is 3.11. The molecule has 2 aliphatic rings. The minimum Gasteiger partial charge on any atom is -0.294 e.